The van der Waals surface area contributed by atoms with E-state index in [1.807, 2.05) is 45.0 Å². The summed E-state index contributed by atoms with van der Waals surface area (Å²) in [6, 6.07) is 7.45. The second-order valence-electron chi connectivity index (χ2n) is 8.64. The van der Waals surface area contributed by atoms with Crippen molar-refractivity contribution in [3.8, 4) is 21.9 Å². The monoisotopic (exact) mass is 454 g/mol. The second-order valence-corrected chi connectivity index (χ2v) is 9.64. The summed E-state index contributed by atoms with van der Waals surface area (Å²) in [6.45, 7) is 6.51. The molecule has 8 nitrogen and oxygen atoms in total. The third-order valence-electron chi connectivity index (χ3n) is 5.07. The number of anilines is 1. The Morgan fingerprint density at radius 2 is 1.91 bits per heavy atom. The lowest BCUT2D eigenvalue weighted by atomic mass is 9.96. The number of nitrogens with one attached hydrogen (secondary N) is 1. The fourth-order valence-corrected chi connectivity index (χ4v) is 4.49. The van der Waals surface area contributed by atoms with Crippen LogP contribution in [0, 0.1) is 5.92 Å². The summed E-state index contributed by atoms with van der Waals surface area (Å²) in [4.78, 5) is 36.4. The van der Waals surface area contributed by atoms with Crippen molar-refractivity contribution in [2.24, 2.45) is 5.92 Å². The van der Waals surface area contributed by atoms with E-state index in [4.69, 9.17) is 9.15 Å². The number of hydrogen-bond acceptors (Lipinski definition) is 7. The minimum Gasteiger partial charge on any atom is -0.463 e. The van der Waals surface area contributed by atoms with Gasteiger partial charge in [-0.2, -0.15) is 0 Å². The Labute approximate surface area is 190 Å². The first kappa shape index (κ1) is 22.0. The van der Waals surface area contributed by atoms with Crippen LogP contribution in [0.5, 0.6) is 0 Å². The van der Waals surface area contributed by atoms with E-state index in [9.17, 15) is 9.59 Å². The van der Waals surface area contributed by atoms with Gasteiger partial charge in [0.25, 0.3) is 0 Å². The maximum Gasteiger partial charge on any atom is 0.410 e. The van der Waals surface area contributed by atoms with Crippen molar-refractivity contribution >= 4 is 28.5 Å². The maximum atomic E-state index is 12.9. The first-order valence-electron chi connectivity index (χ1n) is 10.5. The van der Waals surface area contributed by atoms with Gasteiger partial charge in [0, 0.05) is 31.4 Å². The van der Waals surface area contributed by atoms with Crippen LogP contribution in [0.4, 0.5) is 9.93 Å². The summed E-state index contributed by atoms with van der Waals surface area (Å²) < 4.78 is 11.0. The highest BCUT2D eigenvalue weighted by Crippen LogP contribution is 2.39. The molecule has 1 fully saturated rings. The molecule has 0 aromatic carbocycles. The molecule has 1 saturated heterocycles. The minimum atomic E-state index is -0.533. The molecule has 0 radical (unpaired) electrons. The van der Waals surface area contributed by atoms with Gasteiger partial charge in [-0.15, -0.1) is 0 Å². The summed E-state index contributed by atoms with van der Waals surface area (Å²) in [5.74, 6) is 0.364. The topological polar surface area (TPSA) is 97.6 Å². The maximum absolute atomic E-state index is 12.9. The molecular formula is C23H26N4O4S. The third-order valence-corrected chi connectivity index (χ3v) is 6.09. The van der Waals surface area contributed by atoms with E-state index >= 15 is 0 Å². The SMILES string of the molecule is CC(C)(C)OC(=O)N1CCC(C(=O)Nc2nc(-c3ccco3)c(-c3ccncc3)s2)CC1. The summed E-state index contributed by atoms with van der Waals surface area (Å²) in [5, 5.41) is 3.48. The van der Waals surface area contributed by atoms with Crippen molar-refractivity contribution in [3.05, 3.63) is 42.9 Å². The number of carbonyl (C=O) groups excluding carboxylic acids is 2. The smallest absolute Gasteiger partial charge is 0.410 e. The number of amides is 2. The lowest BCUT2D eigenvalue weighted by molar-refractivity contribution is -0.121. The Morgan fingerprint density at radius 3 is 2.53 bits per heavy atom. The van der Waals surface area contributed by atoms with Crippen molar-refractivity contribution in [3.63, 3.8) is 0 Å². The average molecular weight is 455 g/mol. The molecule has 1 aliphatic heterocycles. The standard InChI is InChI=1S/C23H26N4O4S/c1-23(2,3)31-22(29)27-12-8-16(9-13-27)20(28)26-21-25-18(17-5-4-14-30-17)19(32-21)15-6-10-24-11-7-15/h4-7,10-11,14,16H,8-9,12-13H2,1-3H3,(H,25,26,28). The fraction of sp³-hybridized carbons (Fsp3) is 0.391. The number of rotatable bonds is 4. The van der Waals surface area contributed by atoms with Crippen molar-refractivity contribution < 1.29 is 18.7 Å². The van der Waals surface area contributed by atoms with Crippen LogP contribution in [-0.2, 0) is 9.53 Å². The number of ether oxygens (including phenoxy) is 1. The number of pyridine rings is 1. The number of furan rings is 1. The number of likely N-dealkylation sites (tertiary alicyclic amines) is 1. The normalized spacial score (nSPS) is 14.9. The van der Waals surface area contributed by atoms with Crippen LogP contribution < -0.4 is 5.32 Å². The van der Waals surface area contributed by atoms with Gasteiger partial charge in [-0.05, 0) is 63.4 Å². The molecule has 9 heteroatoms. The predicted molar refractivity (Wildman–Crippen MR) is 122 cm³/mol. The summed E-state index contributed by atoms with van der Waals surface area (Å²) in [7, 11) is 0. The number of nitrogens with zero attached hydrogens (tertiary/aromatic N) is 3. The number of aromatic nitrogens is 2. The highest BCUT2D eigenvalue weighted by Gasteiger charge is 2.30. The number of hydrogen-bond donors (Lipinski definition) is 1. The molecule has 0 atom stereocenters. The van der Waals surface area contributed by atoms with Crippen LogP contribution >= 0.6 is 11.3 Å². The number of carbonyl (C=O) groups is 2. The lowest BCUT2D eigenvalue weighted by Gasteiger charge is -2.32. The van der Waals surface area contributed by atoms with Gasteiger partial charge >= 0.3 is 6.09 Å². The van der Waals surface area contributed by atoms with E-state index in [2.05, 4.69) is 15.3 Å². The molecule has 3 aromatic rings. The summed E-state index contributed by atoms with van der Waals surface area (Å²) in [6.07, 6.45) is 5.87. The molecule has 32 heavy (non-hydrogen) atoms. The van der Waals surface area contributed by atoms with Crippen molar-refractivity contribution in [2.45, 2.75) is 39.2 Å². The van der Waals surface area contributed by atoms with Gasteiger partial charge in [0.1, 0.15) is 11.3 Å². The third kappa shape index (κ3) is 5.16. The molecule has 4 heterocycles. The summed E-state index contributed by atoms with van der Waals surface area (Å²) in [5.41, 5.74) is 1.10. The van der Waals surface area contributed by atoms with Gasteiger partial charge in [-0.25, -0.2) is 9.78 Å². The lowest BCUT2D eigenvalue weighted by Crippen LogP contribution is -2.43. The van der Waals surface area contributed by atoms with Crippen LogP contribution in [0.15, 0.2) is 47.3 Å². The van der Waals surface area contributed by atoms with Gasteiger partial charge in [-0.3, -0.25) is 9.78 Å². The van der Waals surface area contributed by atoms with Crippen LogP contribution in [0.1, 0.15) is 33.6 Å². The van der Waals surface area contributed by atoms with E-state index in [1.54, 1.807) is 23.6 Å². The quantitative estimate of drug-likeness (QED) is 0.592. The number of piperidine rings is 1. The molecule has 0 bridgehead atoms. The number of thiazole rings is 1. The first-order valence-corrected chi connectivity index (χ1v) is 11.4. The van der Waals surface area contributed by atoms with E-state index in [1.165, 1.54) is 11.3 Å². The van der Waals surface area contributed by atoms with Crippen LogP contribution in [0.2, 0.25) is 0 Å². The zero-order chi connectivity index (χ0) is 22.7. The average Bonchev–Trinajstić information content (AvgIpc) is 3.43. The minimum absolute atomic E-state index is 0.0881. The van der Waals surface area contributed by atoms with E-state index in [0.29, 0.717) is 42.5 Å². The highest BCUT2D eigenvalue weighted by molar-refractivity contribution is 7.19. The highest BCUT2D eigenvalue weighted by atomic mass is 32.1. The molecule has 3 aromatic heterocycles. The van der Waals surface area contributed by atoms with Gasteiger partial charge in [0.05, 0.1) is 11.1 Å². The fourth-order valence-electron chi connectivity index (χ4n) is 3.51. The summed E-state index contributed by atoms with van der Waals surface area (Å²) >= 11 is 1.40. The van der Waals surface area contributed by atoms with Crippen LogP contribution in [-0.4, -0.2) is 45.6 Å². The van der Waals surface area contributed by atoms with Gasteiger partial charge < -0.3 is 19.4 Å². The Balaban J connectivity index is 1.44. The Bertz CT molecular complexity index is 1070. The zero-order valence-corrected chi connectivity index (χ0v) is 19.1. The Kier molecular flexibility index (Phi) is 6.27. The molecule has 0 saturated carbocycles. The van der Waals surface area contributed by atoms with Crippen molar-refractivity contribution in [1.82, 2.24) is 14.9 Å². The van der Waals surface area contributed by atoms with Crippen LogP contribution in [0.25, 0.3) is 21.9 Å². The molecule has 0 spiro atoms. The van der Waals surface area contributed by atoms with Gasteiger partial charge in [0.2, 0.25) is 5.91 Å². The molecule has 4 rings (SSSR count). The van der Waals surface area contributed by atoms with Crippen molar-refractivity contribution in [1.29, 1.82) is 0 Å². The molecule has 1 N–H and O–H groups in total. The van der Waals surface area contributed by atoms with E-state index < -0.39 is 5.60 Å². The van der Waals surface area contributed by atoms with E-state index in [0.717, 1.165) is 10.4 Å². The van der Waals surface area contributed by atoms with Crippen molar-refractivity contribution in [2.75, 3.05) is 18.4 Å². The van der Waals surface area contributed by atoms with Gasteiger partial charge in [-0.1, -0.05) is 11.3 Å². The predicted octanol–water partition coefficient (Wildman–Crippen LogP) is 5.05. The Morgan fingerprint density at radius 1 is 1.19 bits per heavy atom. The zero-order valence-electron chi connectivity index (χ0n) is 18.3. The van der Waals surface area contributed by atoms with E-state index in [-0.39, 0.29) is 17.9 Å². The Hall–Kier alpha value is -3.20. The van der Waals surface area contributed by atoms with Crippen LogP contribution in [0.3, 0.4) is 0 Å². The molecule has 168 valence electrons. The first-order chi connectivity index (χ1) is 15.3. The second kappa shape index (κ2) is 9.12. The molecule has 2 amide bonds. The van der Waals surface area contributed by atoms with Gasteiger partial charge in [0.15, 0.2) is 10.9 Å². The largest absolute Gasteiger partial charge is 0.463 e. The molecule has 0 unspecified atom stereocenters. The molecule has 0 aliphatic carbocycles. The molecular weight excluding hydrogens is 428 g/mol. The molecule has 1 aliphatic rings.